The van der Waals surface area contributed by atoms with E-state index in [4.69, 9.17) is 0 Å². The molecule has 0 radical (unpaired) electrons. The van der Waals surface area contributed by atoms with Crippen molar-refractivity contribution in [1.29, 1.82) is 0 Å². The van der Waals surface area contributed by atoms with Gasteiger partial charge in [0, 0.05) is 18.0 Å². The topological polar surface area (TPSA) is 60.7 Å². The molecule has 0 bridgehead atoms. The van der Waals surface area contributed by atoms with Gasteiger partial charge in [-0.05, 0) is 43.3 Å². The van der Waals surface area contributed by atoms with Crippen molar-refractivity contribution in [3.63, 3.8) is 0 Å². The van der Waals surface area contributed by atoms with Crippen molar-refractivity contribution in [3.8, 4) is 0 Å². The Morgan fingerprint density at radius 3 is 2.69 bits per heavy atom. The molecule has 2 aromatic carbocycles. The molecule has 0 aliphatic rings. The van der Waals surface area contributed by atoms with Crippen LogP contribution < -0.4 is 0 Å². The number of nitrogens with zero attached hydrogens (tertiary/aromatic N) is 4. The number of fused-ring (bicyclic) bond motifs is 3. The molecule has 0 aliphatic heterocycles. The summed E-state index contributed by atoms with van der Waals surface area (Å²) in [6, 6.07) is 11.7. The van der Waals surface area contributed by atoms with Gasteiger partial charge >= 0.3 is 0 Å². The van der Waals surface area contributed by atoms with Gasteiger partial charge in [0.25, 0.3) is 0 Å². The van der Waals surface area contributed by atoms with Gasteiger partial charge in [0.1, 0.15) is 11.3 Å². The number of aromatic nitrogens is 4. The van der Waals surface area contributed by atoms with Crippen LogP contribution in [-0.2, 0) is 7.05 Å². The van der Waals surface area contributed by atoms with E-state index in [1.807, 2.05) is 30.7 Å². The second kappa shape index (κ2) is 6.49. The zero-order chi connectivity index (χ0) is 18.3. The van der Waals surface area contributed by atoms with Crippen LogP contribution >= 0.6 is 11.8 Å². The maximum atomic E-state index is 13.0. The summed E-state index contributed by atoms with van der Waals surface area (Å²) in [7, 11) is 1.94. The molecule has 0 saturated heterocycles. The molecule has 2 heterocycles. The smallest absolute Gasteiger partial charge is 0.211 e. The van der Waals surface area contributed by atoms with Crippen LogP contribution in [0.25, 0.3) is 22.1 Å². The number of hydrogen-bond donors (Lipinski definition) is 0. The van der Waals surface area contributed by atoms with E-state index in [2.05, 4.69) is 21.2 Å². The van der Waals surface area contributed by atoms with Crippen molar-refractivity contribution in [2.24, 2.45) is 7.05 Å². The van der Waals surface area contributed by atoms with E-state index in [1.54, 1.807) is 0 Å². The van der Waals surface area contributed by atoms with Gasteiger partial charge in [-0.2, -0.15) is 0 Å². The van der Waals surface area contributed by atoms with Crippen molar-refractivity contribution in [2.75, 3.05) is 5.75 Å². The molecule has 0 spiro atoms. The molecule has 0 N–H and O–H groups in total. The fourth-order valence-electron chi connectivity index (χ4n) is 2.87. The number of aryl methyl sites for hydroxylation is 2. The Hall–Kier alpha value is -2.80. The lowest BCUT2D eigenvalue weighted by Gasteiger charge is -2.01. The average Bonchev–Trinajstić information content (AvgIpc) is 2.92. The summed E-state index contributed by atoms with van der Waals surface area (Å²) < 4.78 is 14.9. The Bertz CT molecular complexity index is 1140. The quantitative estimate of drug-likeness (QED) is 0.404. The Morgan fingerprint density at radius 2 is 1.92 bits per heavy atom. The molecule has 2 aromatic heterocycles. The number of hydrogen-bond acceptors (Lipinski definition) is 5. The minimum Gasteiger partial charge on any atom is -0.327 e. The van der Waals surface area contributed by atoms with E-state index >= 15 is 0 Å². The molecule has 0 atom stereocenters. The SMILES string of the molecule is Cc1ccc2c(c1)c1nnc(SCC(=O)c3ccc(F)cc3)nc1n2C. The summed E-state index contributed by atoms with van der Waals surface area (Å²) in [6.45, 7) is 2.03. The molecule has 4 rings (SSSR count). The number of thioether (sulfide) groups is 1. The number of halogens is 1. The third-order valence-electron chi connectivity index (χ3n) is 4.23. The van der Waals surface area contributed by atoms with Crippen molar-refractivity contribution in [2.45, 2.75) is 12.1 Å². The van der Waals surface area contributed by atoms with Gasteiger partial charge in [0.2, 0.25) is 5.16 Å². The van der Waals surface area contributed by atoms with Crippen molar-refractivity contribution in [3.05, 3.63) is 59.4 Å². The second-order valence-corrected chi connectivity index (χ2v) is 7.01. The molecule has 0 amide bonds. The number of carbonyl (C=O) groups excluding carboxylic acids is 1. The van der Waals surface area contributed by atoms with E-state index in [1.165, 1.54) is 36.0 Å². The molecule has 4 aromatic rings. The minimum absolute atomic E-state index is 0.105. The normalized spacial score (nSPS) is 11.3. The highest BCUT2D eigenvalue weighted by Crippen LogP contribution is 2.27. The second-order valence-electron chi connectivity index (χ2n) is 6.06. The number of benzene rings is 2. The van der Waals surface area contributed by atoms with Crippen molar-refractivity contribution >= 4 is 39.6 Å². The average molecular weight is 366 g/mol. The summed E-state index contributed by atoms with van der Waals surface area (Å²) in [5.41, 5.74) is 4.14. The fraction of sp³-hybridized carbons (Fsp3) is 0.158. The molecule has 7 heteroatoms. The number of carbonyl (C=O) groups is 1. The molecule has 5 nitrogen and oxygen atoms in total. The van der Waals surface area contributed by atoms with Crippen LogP contribution in [-0.4, -0.2) is 31.3 Å². The third-order valence-corrected chi connectivity index (χ3v) is 5.07. The monoisotopic (exact) mass is 366 g/mol. The Labute approximate surface area is 153 Å². The molecule has 0 unspecified atom stereocenters. The van der Waals surface area contributed by atoms with Crippen LogP contribution in [0.3, 0.4) is 0 Å². The predicted molar refractivity (Wildman–Crippen MR) is 100 cm³/mol. The van der Waals surface area contributed by atoms with E-state index in [-0.39, 0.29) is 17.4 Å². The highest BCUT2D eigenvalue weighted by molar-refractivity contribution is 7.99. The molecule has 130 valence electrons. The maximum absolute atomic E-state index is 13.0. The molecule has 0 saturated carbocycles. The van der Waals surface area contributed by atoms with Gasteiger partial charge in [-0.3, -0.25) is 4.79 Å². The summed E-state index contributed by atoms with van der Waals surface area (Å²) in [4.78, 5) is 16.8. The van der Waals surface area contributed by atoms with Crippen LogP contribution in [0.15, 0.2) is 47.6 Å². The standard InChI is InChI=1S/C19H15FN4OS/c1-11-3-8-15-14(9-11)17-18(24(15)2)21-19(23-22-17)26-10-16(25)12-4-6-13(20)7-5-12/h3-9H,10H2,1-2H3. The van der Waals surface area contributed by atoms with Crippen LogP contribution in [0.2, 0.25) is 0 Å². The minimum atomic E-state index is -0.363. The van der Waals surface area contributed by atoms with Crippen LogP contribution in [0.1, 0.15) is 15.9 Å². The lowest BCUT2D eigenvalue weighted by Crippen LogP contribution is -2.04. The number of Topliss-reactive ketones (excluding diaryl/α,β-unsaturated/α-hetero) is 1. The Kier molecular flexibility index (Phi) is 4.16. The molecular weight excluding hydrogens is 351 g/mol. The maximum Gasteiger partial charge on any atom is 0.211 e. The zero-order valence-corrected chi connectivity index (χ0v) is 15.0. The first-order valence-electron chi connectivity index (χ1n) is 8.04. The fourth-order valence-corrected chi connectivity index (χ4v) is 3.54. The summed E-state index contributed by atoms with van der Waals surface area (Å²) in [5, 5.41) is 9.93. The molecule has 0 aliphatic carbocycles. The van der Waals surface area contributed by atoms with Crippen LogP contribution in [0.4, 0.5) is 4.39 Å². The van der Waals surface area contributed by atoms with Gasteiger partial charge in [-0.15, -0.1) is 10.2 Å². The Morgan fingerprint density at radius 1 is 1.15 bits per heavy atom. The first kappa shape index (κ1) is 16.7. The molecular formula is C19H15FN4OS. The molecule has 26 heavy (non-hydrogen) atoms. The largest absolute Gasteiger partial charge is 0.327 e. The lowest BCUT2D eigenvalue weighted by atomic mass is 10.1. The van der Waals surface area contributed by atoms with Gasteiger partial charge in [0.05, 0.1) is 11.3 Å². The van der Waals surface area contributed by atoms with E-state index in [0.717, 1.165) is 27.6 Å². The number of rotatable bonds is 4. The number of ketones is 1. The zero-order valence-electron chi connectivity index (χ0n) is 14.2. The summed E-state index contributed by atoms with van der Waals surface area (Å²) >= 11 is 1.22. The van der Waals surface area contributed by atoms with Gasteiger partial charge in [-0.25, -0.2) is 9.37 Å². The van der Waals surface area contributed by atoms with E-state index in [9.17, 15) is 9.18 Å². The van der Waals surface area contributed by atoms with Crippen molar-refractivity contribution in [1.82, 2.24) is 19.7 Å². The molecule has 0 fully saturated rings. The Balaban J connectivity index is 1.61. The first-order valence-corrected chi connectivity index (χ1v) is 9.02. The van der Waals surface area contributed by atoms with Crippen molar-refractivity contribution < 1.29 is 9.18 Å². The summed E-state index contributed by atoms with van der Waals surface area (Å²) in [6.07, 6.45) is 0. The van der Waals surface area contributed by atoms with Crippen LogP contribution in [0.5, 0.6) is 0 Å². The first-order chi connectivity index (χ1) is 12.5. The van der Waals surface area contributed by atoms with Gasteiger partial charge in [0.15, 0.2) is 11.4 Å². The lowest BCUT2D eigenvalue weighted by molar-refractivity contribution is 0.102. The van der Waals surface area contributed by atoms with Gasteiger partial charge < -0.3 is 4.57 Å². The van der Waals surface area contributed by atoms with E-state index < -0.39 is 0 Å². The highest BCUT2D eigenvalue weighted by Gasteiger charge is 2.14. The summed E-state index contributed by atoms with van der Waals surface area (Å²) in [5.74, 6) is -0.299. The van der Waals surface area contributed by atoms with Gasteiger partial charge in [-0.1, -0.05) is 23.4 Å². The predicted octanol–water partition coefficient (Wildman–Crippen LogP) is 3.94. The van der Waals surface area contributed by atoms with E-state index in [0.29, 0.717) is 10.7 Å². The van der Waals surface area contributed by atoms with Crippen LogP contribution in [0, 0.1) is 12.7 Å². The highest BCUT2D eigenvalue weighted by atomic mass is 32.2. The third kappa shape index (κ3) is 2.94.